The van der Waals surface area contributed by atoms with E-state index >= 15 is 0 Å². The Hall–Kier alpha value is -2.14. The molecule has 0 spiro atoms. The van der Waals surface area contributed by atoms with E-state index in [4.69, 9.17) is 16.3 Å². The van der Waals surface area contributed by atoms with E-state index in [0.29, 0.717) is 16.3 Å². The number of carboxylic acid groups (broad SMARTS) is 1. The molecular formula is C14H13ClN2O3. The lowest BCUT2D eigenvalue weighted by Gasteiger charge is -2.11. The van der Waals surface area contributed by atoms with Crippen molar-refractivity contribution in [3.05, 3.63) is 51.7 Å². The number of hydrogen-bond acceptors (Lipinski definition) is 4. The number of ether oxygens (including phenoxy) is 1. The summed E-state index contributed by atoms with van der Waals surface area (Å²) < 4.78 is 5.46. The Labute approximate surface area is 121 Å². The molecule has 5 nitrogen and oxygen atoms in total. The molecule has 0 unspecified atom stereocenters. The minimum Gasteiger partial charge on any atom is -0.477 e. The molecule has 0 aliphatic carbocycles. The average molecular weight is 293 g/mol. The fourth-order valence-electron chi connectivity index (χ4n) is 1.70. The smallest absolute Gasteiger partial charge is 0.341 e. The molecule has 104 valence electrons. The molecule has 0 saturated heterocycles. The summed E-state index contributed by atoms with van der Waals surface area (Å²) in [6.07, 6.45) is 0. The zero-order chi connectivity index (χ0) is 14.7. The van der Waals surface area contributed by atoms with Crippen LogP contribution in [0.1, 0.15) is 27.2 Å². The molecule has 0 bridgehead atoms. The molecule has 2 aromatic rings. The molecule has 2 rings (SSSR count). The molecular weight excluding hydrogens is 280 g/mol. The van der Waals surface area contributed by atoms with Crippen molar-refractivity contribution in [2.45, 2.75) is 20.5 Å². The number of aryl methyl sites for hydroxylation is 1. The fraction of sp³-hybridized carbons (Fsp3) is 0.214. The number of nitrogens with zero attached hydrogens (tertiary/aromatic N) is 2. The number of hydrogen-bond donors (Lipinski definition) is 1. The van der Waals surface area contributed by atoms with Crippen LogP contribution in [0.25, 0.3) is 0 Å². The van der Waals surface area contributed by atoms with E-state index in [0.717, 1.165) is 5.56 Å². The van der Waals surface area contributed by atoms with Gasteiger partial charge in [0.2, 0.25) is 5.88 Å². The fourth-order valence-corrected chi connectivity index (χ4v) is 1.89. The van der Waals surface area contributed by atoms with E-state index < -0.39 is 5.97 Å². The van der Waals surface area contributed by atoms with Crippen LogP contribution in [0.4, 0.5) is 0 Å². The van der Waals surface area contributed by atoms with Gasteiger partial charge in [0.1, 0.15) is 12.2 Å². The number of rotatable bonds is 4. The summed E-state index contributed by atoms with van der Waals surface area (Å²) >= 11 is 6.02. The number of halogens is 1. The molecule has 1 N–H and O–H groups in total. The van der Waals surface area contributed by atoms with Gasteiger partial charge in [0.05, 0.1) is 5.69 Å². The third kappa shape index (κ3) is 2.88. The van der Waals surface area contributed by atoms with Crippen LogP contribution in [-0.2, 0) is 6.61 Å². The largest absolute Gasteiger partial charge is 0.477 e. The van der Waals surface area contributed by atoms with Crippen LogP contribution >= 0.6 is 11.6 Å². The number of aromatic carboxylic acids is 1. The summed E-state index contributed by atoms with van der Waals surface area (Å²) in [5, 5.41) is 17.5. The second kappa shape index (κ2) is 5.88. The quantitative estimate of drug-likeness (QED) is 0.938. The lowest BCUT2D eigenvalue weighted by atomic mass is 10.1. The van der Waals surface area contributed by atoms with E-state index in [9.17, 15) is 9.90 Å². The number of aromatic nitrogens is 2. The summed E-state index contributed by atoms with van der Waals surface area (Å²) in [5.74, 6) is -1.09. The molecule has 1 aromatic carbocycles. The summed E-state index contributed by atoms with van der Waals surface area (Å²) in [6, 6.07) is 7.18. The summed E-state index contributed by atoms with van der Waals surface area (Å²) in [7, 11) is 0. The lowest BCUT2D eigenvalue weighted by molar-refractivity contribution is 0.0689. The molecule has 1 aromatic heterocycles. The molecule has 6 heteroatoms. The highest BCUT2D eigenvalue weighted by atomic mass is 35.5. The van der Waals surface area contributed by atoms with Crippen molar-refractivity contribution in [2.24, 2.45) is 0 Å². The minimum atomic E-state index is -1.09. The van der Waals surface area contributed by atoms with Crippen LogP contribution in [0.3, 0.4) is 0 Å². The van der Waals surface area contributed by atoms with Crippen molar-refractivity contribution in [3.63, 3.8) is 0 Å². The molecule has 0 amide bonds. The highest BCUT2D eigenvalue weighted by Gasteiger charge is 2.19. The number of carboxylic acids is 1. The van der Waals surface area contributed by atoms with Gasteiger partial charge in [-0.1, -0.05) is 29.8 Å². The van der Waals surface area contributed by atoms with Gasteiger partial charge in [0.25, 0.3) is 0 Å². The summed E-state index contributed by atoms with van der Waals surface area (Å²) in [5.41, 5.74) is 1.89. The molecule has 0 aliphatic rings. The Morgan fingerprint density at radius 1 is 1.30 bits per heavy atom. The summed E-state index contributed by atoms with van der Waals surface area (Å²) in [6.45, 7) is 3.51. The Bertz CT molecular complexity index is 659. The second-order valence-electron chi connectivity index (χ2n) is 4.28. The van der Waals surface area contributed by atoms with Gasteiger partial charge in [-0.3, -0.25) is 0 Å². The van der Waals surface area contributed by atoms with Gasteiger partial charge in [-0.25, -0.2) is 4.79 Å². The SMILES string of the molecule is Cc1nnc(OCc2ccccc2Cl)c(C(=O)O)c1C. The predicted octanol–water partition coefficient (Wildman–Crippen LogP) is 3.02. The molecule has 0 fully saturated rings. The van der Waals surface area contributed by atoms with E-state index in [-0.39, 0.29) is 18.1 Å². The predicted molar refractivity (Wildman–Crippen MR) is 74.2 cm³/mol. The van der Waals surface area contributed by atoms with Crippen LogP contribution < -0.4 is 4.74 Å². The molecule has 0 aliphatic heterocycles. The van der Waals surface area contributed by atoms with Crippen molar-refractivity contribution in [1.29, 1.82) is 0 Å². The second-order valence-corrected chi connectivity index (χ2v) is 4.68. The van der Waals surface area contributed by atoms with E-state index in [1.807, 2.05) is 12.1 Å². The van der Waals surface area contributed by atoms with Gasteiger partial charge in [-0.05, 0) is 25.5 Å². The maximum Gasteiger partial charge on any atom is 0.341 e. The Kier molecular flexibility index (Phi) is 4.20. The van der Waals surface area contributed by atoms with Crippen LogP contribution in [-0.4, -0.2) is 21.3 Å². The topological polar surface area (TPSA) is 72.3 Å². The van der Waals surface area contributed by atoms with Crippen LogP contribution in [0.2, 0.25) is 5.02 Å². The molecule has 0 atom stereocenters. The van der Waals surface area contributed by atoms with Crippen LogP contribution in [0, 0.1) is 13.8 Å². The first-order valence-electron chi connectivity index (χ1n) is 5.94. The van der Waals surface area contributed by atoms with Gasteiger partial charge in [0, 0.05) is 10.6 Å². The van der Waals surface area contributed by atoms with Crippen molar-refractivity contribution in [1.82, 2.24) is 10.2 Å². The van der Waals surface area contributed by atoms with Gasteiger partial charge >= 0.3 is 5.97 Å². The first-order valence-corrected chi connectivity index (χ1v) is 6.32. The maximum atomic E-state index is 11.3. The Morgan fingerprint density at radius 2 is 2.00 bits per heavy atom. The van der Waals surface area contributed by atoms with Gasteiger partial charge < -0.3 is 9.84 Å². The van der Waals surface area contributed by atoms with E-state index in [1.54, 1.807) is 26.0 Å². The number of carbonyl (C=O) groups is 1. The molecule has 1 heterocycles. The van der Waals surface area contributed by atoms with Gasteiger partial charge in [-0.15, -0.1) is 5.10 Å². The first kappa shape index (κ1) is 14.3. The standard InChI is InChI=1S/C14H13ClN2O3/c1-8-9(2)16-17-13(12(8)14(18)19)20-7-10-5-3-4-6-11(10)15/h3-6H,7H2,1-2H3,(H,18,19). The highest BCUT2D eigenvalue weighted by Crippen LogP contribution is 2.23. The first-order chi connectivity index (χ1) is 9.50. The normalized spacial score (nSPS) is 10.3. The number of benzene rings is 1. The van der Waals surface area contributed by atoms with E-state index in [2.05, 4.69) is 10.2 Å². The van der Waals surface area contributed by atoms with Crippen molar-refractivity contribution >= 4 is 17.6 Å². The molecule has 20 heavy (non-hydrogen) atoms. The van der Waals surface area contributed by atoms with Crippen molar-refractivity contribution in [3.8, 4) is 5.88 Å². The third-order valence-corrected chi connectivity index (χ3v) is 3.33. The third-order valence-electron chi connectivity index (χ3n) is 2.96. The monoisotopic (exact) mass is 292 g/mol. The van der Waals surface area contributed by atoms with Crippen molar-refractivity contribution in [2.75, 3.05) is 0 Å². The summed E-state index contributed by atoms with van der Waals surface area (Å²) in [4.78, 5) is 11.3. The lowest BCUT2D eigenvalue weighted by Crippen LogP contribution is -2.10. The minimum absolute atomic E-state index is 0.000481. The highest BCUT2D eigenvalue weighted by molar-refractivity contribution is 6.31. The zero-order valence-corrected chi connectivity index (χ0v) is 11.8. The maximum absolute atomic E-state index is 11.3. The molecule has 0 radical (unpaired) electrons. The average Bonchev–Trinajstić information content (AvgIpc) is 2.41. The van der Waals surface area contributed by atoms with Gasteiger partial charge in [-0.2, -0.15) is 5.10 Å². The van der Waals surface area contributed by atoms with Gasteiger partial charge in [0.15, 0.2) is 0 Å². The molecule has 0 saturated carbocycles. The van der Waals surface area contributed by atoms with Crippen LogP contribution in [0.5, 0.6) is 5.88 Å². The Balaban J connectivity index is 2.29. The van der Waals surface area contributed by atoms with Crippen molar-refractivity contribution < 1.29 is 14.6 Å². The van der Waals surface area contributed by atoms with Crippen LogP contribution in [0.15, 0.2) is 24.3 Å². The Morgan fingerprint density at radius 3 is 2.65 bits per heavy atom. The van der Waals surface area contributed by atoms with E-state index in [1.165, 1.54) is 0 Å². The zero-order valence-electron chi connectivity index (χ0n) is 11.1.